The van der Waals surface area contributed by atoms with Gasteiger partial charge >= 0.3 is 0 Å². The second-order valence-electron chi connectivity index (χ2n) is 3.64. The molecule has 60 valence electrons. The highest BCUT2D eigenvalue weighted by atomic mass is 35.5. The van der Waals surface area contributed by atoms with Crippen LogP contribution in [0, 0.1) is 16.7 Å². The third-order valence-electron chi connectivity index (χ3n) is 2.22. The summed E-state index contributed by atoms with van der Waals surface area (Å²) in [6.45, 7) is 4.18. The molecule has 2 heteroatoms. The lowest BCUT2D eigenvalue weighted by Gasteiger charge is -2.29. The van der Waals surface area contributed by atoms with Gasteiger partial charge < -0.3 is 0 Å². The quantitative estimate of drug-likeness (QED) is 0.546. The monoisotopic (exact) mass is 169 g/mol. The van der Waals surface area contributed by atoms with Gasteiger partial charge in [-0.2, -0.15) is 5.26 Å². The minimum Gasteiger partial charge on any atom is -0.193 e. The van der Waals surface area contributed by atoms with Crippen molar-refractivity contribution in [3.63, 3.8) is 0 Å². The molecule has 0 radical (unpaired) electrons. The third kappa shape index (κ3) is 1.57. The van der Waals surface area contributed by atoms with E-state index in [9.17, 15) is 0 Å². The average molecular weight is 170 g/mol. The number of hydrogen-bond acceptors (Lipinski definition) is 1. The van der Waals surface area contributed by atoms with Gasteiger partial charge in [0, 0.05) is 16.0 Å². The Bertz CT molecular complexity index is 232. The third-order valence-corrected chi connectivity index (χ3v) is 2.96. The van der Waals surface area contributed by atoms with Crippen LogP contribution in [0.5, 0.6) is 0 Å². The van der Waals surface area contributed by atoms with Gasteiger partial charge in [-0.1, -0.05) is 25.4 Å². The number of nitrogens with zero attached hydrogens (tertiary/aromatic N) is 1. The van der Waals surface area contributed by atoms with Crippen molar-refractivity contribution >= 4 is 11.6 Å². The molecule has 0 aromatic rings. The van der Waals surface area contributed by atoms with E-state index in [1.807, 2.05) is 0 Å². The van der Waals surface area contributed by atoms with Crippen molar-refractivity contribution in [2.24, 2.45) is 5.41 Å². The maximum absolute atomic E-state index is 8.70. The zero-order chi connectivity index (χ0) is 8.48. The Kier molecular flexibility index (Phi) is 2.25. The molecule has 0 bridgehead atoms. The van der Waals surface area contributed by atoms with Gasteiger partial charge in [0.2, 0.25) is 0 Å². The van der Waals surface area contributed by atoms with Crippen LogP contribution in [0.25, 0.3) is 0 Å². The van der Waals surface area contributed by atoms with Gasteiger partial charge in [0.05, 0.1) is 6.07 Å². The first-order valence-electron chi connectivity index (χ1n) is 3.87. The molecule has 0 aromatic heterocycles. The molecule has 0 amide bonds. The van der Waals surface area contributed by atoms with Crippen LogP contribution in [0.4, 0.5) is 0 Å². The van der Waals surface area contributed by atoms with Crippen LogP contribution in [0.2, 0.25) is 0 Å². The summed E-state index contributed by atoms with van der Waals surface area (Å²) in [7, 11) is 0. The molecule has 0 spiro atoms. The van der Waals surface area contributed by atoms with E-state index >= 15 is 0 Å². The molecule has 0 fully saturated rings. The first-order valence-corrected chi connectivity index (χ1v) is 4.25. The van der Waals surface area contributed by atoms with Gasteiger partial charge in [-0.15, -0.1) is 0 Å². The lowest BCUT2D eigenvalue weighted by Crippen LogP contribution is -2.17. The Morgan fingerprint density at radius 3 is 2.64 bits per heavy atom. The van der Waals surface area contributed by atoms with Crippen molar-refractivity contribution in [2.75, 3.05) is 0 Å². The summed E-state index contributed by atoms with van der Waals surface area (Å²) >= 11 is 6.03. The minimum atomic E-state index is 0.0326. The molecule has 0 N–H and O–H groups in total. The van der Waals surface area contributed by atoms with Crippen LogP contribution in [0.15, 0.2) is 10.6 Å². The predicted molar refractivity (Wildman–Crippen MR) is 46.1 cm³/mol. The van der Waals surface area contributed by atoms with E-state index in [0.717, 1.165) is 29.9 Å². The number of hydrogen-bond donors (Lipinski definition) is 0. The van der Waals surface area contributed by atoms with E-state index in [-0.39, 0.29) is 5.41 Å². The maximum Gasteiger partial charge on any atom is 0.0959 e. The smallest absolute Gasteiger partial charge is 0.0959 e. The van der Waals surface area contributed by atoms with Crippen LogP contribution < -0.4 is 0 Å². The molecular formula is C9H12ClN. The Labute approximate surface area is 72.7 Å². The van der Waals surface area contributed by atoms with E-state index in [1.165, 1.54) is 0 Å². The molecular weight excluding hydrogens is 158 g/mol. The molecule has 0 aromatic carbocycles. The summed E-state index contributed by atoms with van der Waals surface area (Å²) in [6.07, 6.45) is 3.04. The fourth-order valence-corrected chi connectivity index (χ4v) is 1.67. The van der Waals surface area contributed by atoms with Gasteiger partial charge in [-0.05, 0) is 19.3 Å². The molecule has 1 rings (SSSR count). The van der Waals surface area contributed by atoms with Crippen LogP contribution in [0.3, 0.4) is 0 Å². The summed E-state index contributed by atoms with van der Waals surface area (Å²) in [5, 5.41) is 9.47. The van der Waals surface area contributed by atoms with E-state index < -0.39 is 0 Å². The van der Waals surface area contributed by atoms with Crippen molar-refractivity contribution in [1.82, 2.24) is 0 Å². The summed E-state index contributed by atoms with van der Waals surface area (Å²) in [4.78, 5) is 0. The molecule has 1 nitrogen and oxygen atoms in total. The van der Waals surface area contributed by atoms with Gasteiger partial charge in [0.15, 0.2) is 0 Å². The Morgan fingerprint density at radius 2 is 2.18 bits per heavy atom. The van der Waals surface area contributed by atoms with Gasteiger partial charge in [-0.25, -0.2) is 0 Å². The molecule has 0 unspecified atom stereocenters. The van der Waals surface area contributed by atoms with Gasteiger partial charge in [0.25, 0.3) is 0 Å². The molecule has 1 aliphatic rings. The van der Waals surface area contributed by atoms with Crippen LogP contribution >= 0.6 is 11.6 Å². The molecule has 11 heavy (non-hydrogen) atoms. The normalized spacial score (nSPS) is 23.1. The number of rotatable bonds is 0. The lowest BCUT2D eigenvalue weighted by molar-refractivity contribution is 0.390. The maximum atomic E-state index is 8.70. The second-order valence-corrected chi connectivity index (χ2v) is 4.02. The molecule has 0 heterocycles. The highest BCUT2D eigenvalue weighted by Crippen LogP contribution is 2.41. The highest BCUT2D eigenvalue weighted by molar-refractivity contribution is 6.30. The summed E-state index contributed by atoms with van der Waals surface area (Å²) in [5.74, 6) is 0. The predicted octanol–water partition coefficient (Wildman–Crippen LogP) is 3.21. The van der Waals surface area contributed by atoms with Crippen LogP contribution in [-0.4, -0.2) is 0 Å². The average Bonchev–Trinajstić information content (AvgIpc) is 1.95. The largest absolute Gasteiger partial charge is 0.193 e. The van der Waals surface area contributed by atoms with Gasteiger partial charge in [0.1, 0.15) is 0 Å². The second kappa shape index (κ2) is 2.87. The summed E-state index contributed by atoms with van der Waals surface area (Å²) in [5.41, 5.74) is 0.813. The number of nitriles is 1. The summed E-state index contributed by atoms with van der Waals surface area (Å²) < 4.78 is 0. The number of allylic oxidation sites excluding steroid dienone is 2. The minimum absolute atomic E-state index is 0.0326. The zero-order valence-electron chi connectivity index (χ0n) is 6.95. The topological polar surface area (TPSA) is 23.8 Å². The van der Waals surface area contributed by atoms with Gasteiger partial charge in [-0.3, -0.25) is 0 Å². The Hall–Kier alpha value is -0.480. The van der Waals surface area contributed by atoms with E-state index in [2.05, 4.69) is 19.9 Å². The van der Waals surface area contributed by atoms with E-state index in [0.29, 0.717) is 0 Å². The SMILES string of the molecule is CC1(C)CCCC(C#N)=C1Cl. The lowest BCUT2D eigenvalue weighted by atomic mass is 9.80. The Balaban J connectivity index is 3.01. The first-order chi connectivity index (χ1) is 5.08. The van der Waals surface area contributed by atoms with Crippen molar-refractivity contribution in [3.8, 4) is 6.07 Å². The molecule has 0 atom stereocenters. The van der Waals surface area contributed by atoms with E-state index in [1.54, 1.807) is 0 Å². The molecule has 0 saturated heterocycles. The van der Waals surface area contributed by atoms with Crippen molar-refractivity contribution in [3.05, 3.63) is 10.6 Å². The molecule has 1 aliphatic carbocycles. The first kappa shape index (κ1) is 8.62. The molecule has 0 aliphatic heterocycles. The standard InChI is InChI=1S/C9H12ClN/c1-9(2)5-3-4-7(6-11)8(9)10/h3-5H2,1-2H3. The summed E-state index contributed by atoms with van der Waals surface area (Å²) in [6, 6.07) is 2.16. The zero-order valence-corrected chi connectivity index (χ0v) is 7.70. The fourth-order valence-electron chi connectivity index (χ4n) is 1.44. The van der Waals surface area contributed by atoms with E-state index in [4.69, 9.17) is 16.9 Å². The number of halogens is 1. The van der Waals surface area contributed by atoms with Crippen molar-refractivity contribution in [1.29, 1.82) is 5.26 Å². The molecule has 0 saturated carbocycles. The van der Waals surface area contributed by atoms with Crippen molar-refractivity contribution < 1.29 is 0 Å². The van der Waals surface area contributed by atoms with Crippen LogP contribution in [-0.2, 0) is 0 Å². The van der Waals surface area contributed by atoms with Crippen molar-refractivity contribution in [2.45, 2.75) is 33.1 Å². The Morgan fingerprint density at radius 1 is 1.55 bits per heavy atom. The highest BCUT2D eigenvalue weighted by Gasteiger charge is 2.28. The van der Waals surface area contributed by atoms with Crippen LogP contribution in [0.1, 0.15) is 33.1 Å². The fraction of sp³-hybridized carbons (Fsp3) is 0.667.